The molecule has 0 saturated carbocycles. The van der Waals surface area contributed by atoms with Crippen LogP contribution in [0.15, 0.2) is 17.3 Å². The Balaban J connectivity index is 3.23. The van der Waals surface area contributed by atoms with Crippen molar-refractivity contribution in [1.82, 2.24) is 0 Å². The van der Waals surface area contributed by atoms with Gasteiger partial charge in [0.05, 0.1) is 6.04 Å². The average molecular weight is 113 g/mol. The Morgan fingerprint density at radius 1 is 1.75 bits per heavy atom. The molecule has 0 aromatic carbocycles. The smallest absolute Gasteiger partial charge is 0.0925 e. The Hall–Kier alpha value is -0.660. The fourth-order valence-corrected chi connectivity index (χ4v) is 0.376. The molecule has 0 aliphatic heterocycles. The topological polar surface area (TPSA) is 29.4 Å². The molecule has 0 fully saturated rings. The summed E-state index contributed by atoms with van der Waals surface area (Å²) in [5.41, 5.74) is 0. The Morgan fingerprint density at radius 3 is 2.75 bits per heavy atom. The van der Waals surface area contributed by atoms with E-state index in [2.05, 4.69) is 5.18 Å². The number of hydrogen-bond donors (Lipinski definition) is 0. The van der Waals surface area contributed by atoms with Gasteiger partial charge in [-0.15, -0.1) is 0 Å². The minimum Gasteiger partial charge on any atom is -0.151 e. The van der Waals surface area contributed by atoms with Crippen molar-refractivity contribution >= 4 is 0 Å². The summed E-state index contributed by atoms with van der Waals surface area (Å²) in [4.78, 5) is 9.73. The van der Waals surface area contributed by atoms with E-state index in [0.29, 0.717) is 0 Å². The highest BCUT2D eigenvalue weighted by atomic mass is 16.3. The first kappa shape index (κ1) is 7.34. The van der Waals surface area contributed by atoms with Crippen LogP contribution in [0.25, 0.3) is 0 Å². The second kappa shape index (κ2) is 4.50. The molecule has 0 aliphatic rings. The van der Waals surface area contributed by atoms with E-state index in [1.165, 1.54) is 0 Å². The molecule has 0 saturated heterocycles. The summed E-state index contributed by atoms with van der Waals surface area (Å²) in [6.45, 7) is 3.73. The highest BCUT2D eigenvalue weighted by Gasteiger charge is 1.93. The summed E-state index contributed by atoms with van der Waals surface area (Å²) in [5, 5.41) is 2.82. The Morgan fingerprint density at radius 2 is 2.38 bits per heavy atom. The van der Waals surface area contributed by atoms with E-state index in [1.807, 2.05) is 19.1 Å². The highest BCUT2D eigenvalue weighted by molar-refractivity contribution is 4.80. The number of nitrogens with zero attached hydrogens (tertiary/aromatic N) is 1. The highest BCUT2D eigenvalue weighted by Crippen LogP contribution is 1.95. The van der Waals surface area contributed by atoms with Crippen LogP contribution in [0, 0.1) is 4.91 Å². The van der Waals surface area contributed by atoms with Crippen LogP contribution < -0.4 is 0 Å². The van der Waals surface area contributed by atoms with E-state index >= 15 is 0 Å². The fraction of sp³-hybridized carbons (Fsp3) is 0.667. The molecule has 0 N–H and O–H groups in total. The van der Waals surface area contributed by atoms with E-state index in [9.17, 15) is 4.91 Å². The van der Waals surface area contributed by atoms with Crippen LogP contribution in [0.2, 0.25) is 0 Å². The van der Waals surface area contributed by atoms with Gasteiger partial charge in [-0.05, 0) is 20.3 Å². The number of hydrogen-bond acceptors (Lipinski definition) is 2. The zero-order valence-electron chi connectivity index (χ0n) is 5.29. The molecular formula is C6H11NO. The van der Waals surface area contributed by atoms with Crippen LogP contribution in [-0.2, 0) is 0 Å². The molecule has 1 atom stereocenters. The molecule has 0 aromatic heterocycles. The zero-order valence-corrected chi connectivity index (χ0v) is 5.29. The van der Waals surface area contributed by atoms with E-state index in [-0.39, 0.29) is 6.04 Å². The molecule has 0 aliphatic carbocycles. The lowest BCUT2D eigenvalue weighted by atomic mass is 10.2. The van der Waals surface area contributed by atoms with E-state index < -0.39 is 0 Å². The first-order chi connectivity index (χ1) is 3.81. The van der Waals surface area contributed by atoms with Crippen molar-refractivity contribution in [2.45, 2.75) is 26.3 Å². The molecule has 2 nitrogen and oxygen atoms in total. The quantitative estimate of drug-likeness (QED) is 0.407. The molecule has 46 valence electrons. The van der Waals surface area contributed by atoms with Crippen LogP contribution in [0.5, 0.6) is 0 Å². The van der Waals surface area contributed by atoms with Crippen molar-refractivity contribution in [3.05, 3.63) is 17.1 Å². The average Bonchev–Trinajstić information content (AvgIpc) is 1.83. The SMILES string of the molecule is CC=CCC(C)N=O. The summed E-state index contributed by atoms with van der Waals surface area (Å²) in [7, 11) is 0. The molecule has 0 radical (unpaired) electrons. The van der Waals surface area contributed by atoms with Crippen molar-refractivity contribution in [3.63, 3.8) is 0 Å². The van der Waals surface area contributed by atoms with Crippen molar-refractivity contribution in [2.24, 2.45) is 5.18 Å². The molecule has 8 heavy (non-hydrogen) atoms. The van der Waals surface area contributed by atoms with Gasteiger partial charge in [-0.1, -0.05) is 17.3 Å². The van der Waals surface area contributed by atoms with E-state index in [0.717, 1.165) is 6.42 Å². The molecule has 0 spiro atoms. The fourth-order valence-electron chi connectivity index (χ4n) is 0.376. The van der Waals surface area contributed by atoms with Crippen molar-refractivity contribution in [1.29, 1.82) is 0 Å². The lowest BCUT2D eigenvalue weighted by Crippen LogP contribution is -1.91. The van der Waals surface area contributed by atoms with Gasteiger partial charge >= 0.3 is 0 Å². The van der Waals surface area contributed by atoms with Gasteiger partial charge in [-0.2, -0.15) is 4.91 Å². The van der Waals surface area contributed by atoms with Crippen molar-refractivity contribution in [2.75, 3.05) is 0 Å². The van der Waals surface area contributed by atoms with Gasteiger partial charge in [0.15, 0.2) is 0 Å². The maximum absolute atomic E-state index is 9.73. The number of nitroso groups, excluding NO2 is 1. The summed E-state index contributed by atoms with van der Waals surface area (Å²) in [6.07, 6.45) is 4.62. The van der Waals surface area contributed by atoms with Gasteiger partial charge in [-0.25, -0.2) is 0 Å². The molecule has 0 rings (SSSR count). The van der Waals surface area contributed by atoms with Gasteiger partial charge < -0.3 is 0 Å². The van der Waals surface area contributed by atoms with Gasteiger partial charge in [0.2, 0.25) is 0 Å². The number of allylic oxidation sites excluding steroid dienone is 1. The predicted molar refractivity (Wildman–Crippen MR) is 34.7 cm³/mol. The standard InChI is InChI=1S/C6H11NO/c1-3-4-5-6(2)7-8/h3-4,6H,5H2,1-2H3. The van der Waals surface area contributed by atoms with Crippen LogP contribution >= 0.6 is 0 Å². The molecule has 0 amide bonds. The zero-order chi connectivity index (χ0) is 6.41. The molecule has 1 unspecified atom stereocenters. The molecule has 0 bridgehead atoms. The third-order valence-electron chi connectivity index (χ3n) is 0.893. The van der Waals surface area contributed by atoms with E-state index in [1.54, 1.807) is 6.92 Å². The van der Waals surface area contributed by atoms with Gasteiger partial charge in [0.25, 0.3) is 0 Å². The molecule has 2 heteroatoms. The Kier molecular flexibility index (Phi) is 4.13. The monoisotopic (exact) mass is 113 g/mol. The van der Waals surface area contributed by atoms with Crippen molar-refractivity contribution < 1.29 is 0 Å². The maximum Gasteiger partial charge on any atom is 0.0925 e. The summed E-state index contributed by atoms with van der Waals surface area (Å²) in [6, 6.07) is -0.0637. The Bertz CT molecular complexity index is 88.5. The summed E-state index contributed by atoms with van der Waals surface area (Å²) >= 11 is 0. The third-order valence-corrected chi connectivity index (χ3v) is 0.893. The second-order valence-electron chi connectivity index (χ2n) is 1.76. The Labute approximate surface area is 49.6 Å². The van der Waals surface area contributed by atoms with Crippen LogP contribution in [0.3, 0.4) is 0 Å². The minimum absolute atomic E-state index is 0.0637. The first-order valence-electron chi connectivity index (χ1n) is 2.75. The van der Waals surface area contributed by atoms with Gasteiger partial charge in [0.1, 0.15) is 0 Å². The van der Waals surface area contributed by atoms with E-state index in [4.69, 9.17) is 0 Å². The molecular weight excluding hydrogens is 102 g/mol. The summed E-state index contributed by atoms with van der Waals surface area (Å²) < 4.78 is 0. The first-order valence-corrected chi connectivity index (χ1v) is 2.75. The lowest BCUT2D eigenvalue weighted by Gasteiger charge is -1.91. The molecule has 0 aromatic rings. The maximum atomic E-state index is 9.73. The largest absolute Gasteiger partial charge is 0.151 e. The number of rotatable bonds is 3. The third kappa shape index (κ3) is 3.53. The molecule has 0 heterocycles. The normalized spacial score (nSPS) is 14.2. The minimum atomic E-state index is -0.0637. The summed E-state index contributed by atoms with van der Waals surface area (Å²) in [5.74, 6) is 0. The predicted octanol–water partition coefficient (Wildman–Crippen LogP) is 2.11. The van der Waals surface area contributed by atoms with Crippen LogP contribution in [0.4, 0.5) is 0 Å². The van der Waals surface area contributed by atoms with Crippen LogP contribution in [0.1, 0.15) is 20.3 Å². The van der Waals surface area contributed by atoms with Crippen LogP contribution in [-0.4, -0.2) is 6.04 Å². The van der Waals surface area contributed by atoms with Gasteiger partial charge in [-0.3, -0.25) is 0 Å². The van der Waals surface area contributed by atoms with Crippen molar-refractivity contribution in [3.8, 4) is 0 Å². The van der Waals surface area contributed by atoms with Gasteiger partial charge in [0, 0.05) is 0 Å². The second-order valence-corrected chi connectivity index (χ2v) is 1.76. The lowest BCUT2D eigenvalue weighted by molar-refractivity contribution is 0.752.